The van der Waals surface area contributed by atoms with Crippen molar-refractivity contribution < 1.29 is 43.7 Å². The van der Waals surface area contributed by atoms with Gasteiger partial charge >= 0.3 is 6.09 Å². The monoisotopic (exact) mass is 811 g/mol. The van der Waals surface area contributed by atoms with Gasteiger partial charge in [-0.25, -0.2) is 9.78 Å². The van der Waals surface area contributed by atoms with Crippen LogP contribution in [-0.4, -0.2) is 80.6 Å². The van der Waals surface area contributed by atoms with E-state index in [0.29, 0.717) is 18.0 Å². The molecule has 1 aromatic heterocycles. The predicted molar refractivity (Wildman–Crippen MR) is 220 cm³/mol. The van der Waals surface area contributed by atoms with Crippen LogP contribution in [-0.2, 0) is 38.6 Å². The molecule has 4 aromatic rings. The minimum atomic E-state index is -1.36. The molecule has 1 heterocycles. The summed E-state index contributed by atoms with van der Waals surface area (Å²) in [6.45, 7) is 7.59. The maximum atomic E-state index is 13.8. The smallest absolute Gasteiger partial charge is 0.408 e. The van der Waals surface area contributed by atoms with Gasteiger partial charge in [-0.2, -0.15) is 0 Å². The molecule has 8 N–H and O–H groups in total. The van der Waals surface area contributed by atoms with Crippen molar-refractivity contribution in [2.75, 3.05) is 6.61 Å². The summed E-state index contributed by atoms with van der Waals surface area (Å²) >= 11 is 0. The molecule has 59 heavy (non-hydrogen) atoms. The largest absolute Gasteiger partial charge is 0.507 e. The van der Waals surface area contributed by atoms with Crippen LogP contribution in [0.5, 0.6) is 11.5 Å². The van der Waals surface area contributed by atoms with Crippen molar-refractivity contribution in [2.24, 2.45) is 23.5 Å². The Labute approximate surface area is 344 Å². The number of benzene rings is 3. The number of aromatic amines is 1. The summed E-state index contributed by atoms with van der Waals surface area (Å²) in [5.74, 6) is -3.48. The number of carbonyl (C=O) groups is 5. The number of ether oxygens (including phenoxy) is 2. The second-order valence-electron chi connectivity index (χ2n) is 15.1. The molecule has 0 spiro atoms. The summed E-state index contributed by atoms with van der Waals surface area (Å²) in [6.07, 6.45) is 3.31. The Morgan fingerprint density at radius 3 is 2.14 bits per heavy atom. The predicted octanol–water partition coefficient (Wildman–Crippen LogP) is 4.19. The molecule has 4 rings (SSSR count). The lowest BCUT2D eigenvalue weighted by Gasteiger charge is -2.26. The normalized spacial score (nSPS) is 13.8. The van der Waals surface area contributed by atoms with Gasteiger partial charge in [0.15, 0.2) is 0 Å². The Morgan fingerprint density at radius 1 is 0.847 bits per heavy atom. The van der Waals surface area contributed by atoms with Gasteiger partial charge in [0, 0.05) is 31.0 Å². The highest BCUT2D eigenvalue weighted by Gasteiger charge is 2.31. The molecule has 0 saturated carbocycles. The van der Waals surface area contributed by atoms with Crippen molar-refractivity contribution in [1.29, 1.82) is 0 Å². The molecular weight excluding hydrogens is 757 g/mol. The molecule has 0 aliphatic heterocycles. The fraction of sp³-hybridized carbons (Fsp3) is 0.386. The molecule has 4 amide bonds. The highest BCUT2D eigenvalue weighted by Crippen LogP contribution is 2.25. The molecule has 315 valence electrons. The van der Waals surface area contributed by atoms with Crippen LogP contribution in [0, 0.1) is 24.2 Å². The number of carbonyl (C=O) groups excluding carboxylic acids is 5. The Bertz CT molecular complexity index is 1960. The van der Waals surface area contributed by atoms with Crippen LogP contribution >= 0.6 is 0 Å². The first-order valence-electron chi connectivity index (χ1n) is 19.6. The number of rotatable bonds is 22. The van der Waals surface area contributed by atoms with Gasteiger partial charge in [0.1, 0.15) is 36.0 Å². The molecule has 0 unspecified atom stereocenters. The van der Waals surface area contributed by atoms with E-state index in [9.17, 15) is 34.2 Å². The lowest BCUT2D eigenvalue weighted by molar-refractivity contribution is -0.129. The first kappa shape index (κ1) is 45.6. The number of H-pyrrole nitrogens is 1. The maximum absolute atomic E-state index is 13.8. The van der Waals surface area contributed by atoms with Crippen molar-refractivity contribution in [3.8, 4) is 11.5 Å². The lowest BCUT2D eigenvalue weighted by Crippen LogP contribution is -2.55. The molecule has 1 radical (unpaired) electrons. The summed E-state index contributed by atoms with van der Waals surface area (Å²) in [7, 11) is 0. The SMILES string of the molecule is CC(C)C[C@H](N)[C@@H](O)C[C@H](C(=O)[CH]COc1ccc(O)c(C(=O)NC(=O)[C@H](Cc2c[nH]cn2)NC(=O)[C@H](Cc2ccccc2)NC(=O)OCc2ccccc2)c1)C(C)C. The van der Waals surface area contributed by atoms with Crippen LogP contribution in [0.2, 0.25) is 0 Å². The number of nitrogens with two attached hydrogens (primary N) is 1. The molecule has 0 saturated heterocycles. The average molecular weight is 812 g/mol. The summed E-state index contributed by atoms with van der Waals surface area (Å²) in [6, 6.07) is 18.8. The van der Waals surface area contributed by atoms with Gasteiger partial charge < -0.3 is 41.0 Å². The van der Waals surface area contributed by atoms with Gasteiger partial charge in [0.2, 0.25) is 11.8 Å². The zero-order valence-electron chi connectivity index (χ0n) is 33.8. The number of alkyl carbamates (subject to hydrolysis) is 1. The lowest BCUT2D eigenvalue weighted by atomic mass is 9.83. The minimum Gasteiger partial charge on any atom is -0.507 e. The summed E-state index contributed by atoms with van der Waals surface area (Å²) in [5.41, 5.74) is 7.71. The summed E-state index contributed by atoms with van der Waals surface area (Å²) in [5, 5.41) is 28.7. The number of phenols is 1. The number of imidazole rings is 1. The zero-order chi connectivity index (χ0) is 42.9. The van der Waals surface area contributed by atoms with E-state index in [2.05, 4.69) is 25.9 Å². The highest BCUT2D eigenvalue weighted by molar-refractivity contribution is 6.08. The van der Waals surface area contributed by atoms with Crippen molar-refractivity contribution in [3.63, 3.8) is 0 Å². The van der Waals surface area contributed by atoms with Crippen LogP contribution < -0.4 is 26.4 Å². The highest BCUT2D eigenvalue weighted by atomic mass is 16.5. The van der Waals surface area contributed by atoms with Gasteiger partial charge in [0.05, 0.1) is 36.7 Å². The molecule has 5 atom stereocenters. The third-order valence-electron chi connectivity index (χ3n) is 9.59. The summed E-state index contributed by atoms with van der Waals surface area (Å²) < 4.78 is 11.1. The first-order chi connectivity index (χ1) is 28.2. The van der Waals surface area contributed by atoms with Crippen LogP contribution in [0.25, 0.3) is 0 Å². The molecular formula is C44H55N6O9. The second-order valence-corrected chi connectivity index (χ2v) is 15.1. The van der Waals surface area contributed by atoms with Crippen molar-refractivity contribution in [2.45, 2.75) is 84.2 Å². The van der Waals surface area contributed by atoms with E-state index in [1.807, 2.05) is 39.8 Å². The number of aliphatic hydroxyl groups excluding tert-OH is 1. The number of aromatic nitrogens is 2. The van der Waals surface area contributed by atoms with Crippen LogP contribution in [0.15, 0.2) is 91.4 Å². The third-order valence-corrected chi connectivity index (χ3v) is 9.59. The summed E-state index contributed by atoms with van der Waals surface area (Å²) in [4.78, 5) is 73.9. The van der Waals surface area contributed by atoms with Gasteiger partial charge in [-0.1, -0.05) is 88.4 Å². The number of nitrogens with zero attached hydrogens (tertiary/aromatic N) is 1. The number of aliphatic hydroxyl groups is 1. The van der Waals surface area contributed by atoms with Crippen LogP contribution in [0.3, 0.4) is 0 Å². The van der Waals surface area contributed by atoms with Gasteiger partial charge in [-0.3, -0.25) is 24.5 Å². The number of aromatic hydroxyl groups is 1. The maximum Gasteiger partial charge on any atom is 0.408 e. The fourth-order valence-corrected chi connectivity index (χ4v) is 6.34. The number of phenolic OH excluding ortho intramolecular Hbond substituents is 1. The molecule has 3 aromatic carbocycles. The topological polar surface area (TPSA) is 235 Å². The standard InChI is InChI=1S/C44H55N6O9/c1-27(2)19-35(45)40(53)23-33(28(3)4)39(52)17-18-58-32-15-16-38(51)34(22-32)41(54)50-43(56)37(21-31-24-46-26-47-31)48-42(55)36(20-29-11-7-5-8-12-29)49-44(57)59-25-30-13-9-6-10-14-30/h5-17,22,24,26-28,33,35-37,40,51,53H,18-21,23,25,45H2,1-4H3,(H,46,47)(H,48,55)(H,49,57)(H,50,54,56)/t33-,35-,36-,37-,40-/m0/s1. The van der Waals surface area contributed by atoms with Gasteiger partial charge in [-0.05, 0) is 54.0 Å². The quantitative estimate of drug-likeness (QED) is 0.0595. The van der Waals surface area contributed by atoms with E-state index in [1.165, 1.54) is 37.1 Å². The first-order valence-corrected chi connectivity index (χ1v) is 19.6. The Kier molecular flexibility index (Phi) is 17.6. The van der Waals surface area contributed by atoms with E-state index in [0.717, 1.165) is 11.1 Å². The van der Waals surface area contributed by atoms with E-state index in [-0.39, 0.29) is 55.5 Å². The molecule has 0 aliphatic rings. The number of Topliss-reactive ketones (excluding diaryl/α,β-unsaturated/α-hetero) is 1. The Morgan fingerprint density at radius 2 is 1.51 bits per heavy atom. The van der Waals surface area contributed by atoms with Crippen LogP contribution in [0.1, 0.15) is 67.7 Å². The van der Waals surface area contributed by atoms with Crippen molar-refractivity contribution in [1.82, 2.24) is 25.9 Å². The van der Waals surface area contributed by atoms with Gasteiger partial charge in [-0.15, -0.1) is 0 Å². The Balaban J connectivity index is 1.42. The molecule has 0 fully saturated rings. The van der Waals surface area contributed by atoms with Crippen molar-refractivity contribution in [3.05, 3.63) is 120 Å². The molecule has 0 bridgehead atoms. The molecule has 15 heteroatoms. The number of ketones is 1. The number of hydrogen-bond donors (Lipinski definition) is 7. The second kappa shape index (κ2) is 22.8. The minimum absolute atomic E-state index is 0.0357. The van der Waals surface area contributed by atoms with E-state index >= 15 is 0 Å². The molecule has 0 aliphatic carbocycles. The van der Waals surface area contributed by atoms with E-state index in [1.54, 1.807) is 48.5 Å². The average Bonchev–Trinajstić information content (AvgIpc) is 3.72. The third kappa shape index (κ3) is 15.0. The number of amides is 4. The van der Waals surface area contributed by atoms with Gasteiger partial charge in [0.25, 0.3) is 5.91 Å². The zero-order valence-corrected chi connectivity index (χ0v) is 33.8. The van der Waals surface area contributed by atoms with E-state index in [4.69, 9.17) is 15.2 Å². The number of hydrogen-bond acceptors (Lipinski definition) is 11. The van der Waals surface area contributed by atoms with Crippen molar-refractivity contribution >= 4 is 29.6 Å². The number of imide groups is 1. The van der Waals surface area contributed by atoms with Crippen LogP contribution in [0.4, 0.5) is 4.79 Å². The van der Waals surface area contributed by atoms with E-state index < -0.39 is 59.7 Å². The Hall–Kier alpha value is -6.06. The number of nitrogens with one attached hydrogen (secondary N) is 4. The molecule has 15 nitrogen and oxygen atoms in total. The fourth-order valence-electron chi connectivity index (χ4n) is 6.34.